The summed E-state index contributed by atoms with van der Waals surface area (Å²) >= 11 is 0. The van der Waals surface area contributed by atoms with E-state index in [4.69, 9.17) is 5.73 Å². The maximum absolute atomic E-state index is 12.1. The fourth-order valence-corrected chi connectivity index (χ4v) is 2.83. The van der Waals surface area contributed by atoms with Crippen molar-refractivity contribution in [3.05, 3.63) is 35.9 Å². The molecule has 3 atom stereocenters. The van der Waals surface area contributed by atoms with Gasteiger partial charge in [0.1, 0.15) is 0 Å². The van der Waals surface area contributed by atoms with Gasteiger partial charge in [0.25, 0.3) is 0 Å². The molecule has 0 aromatic heterocycles. The lowest BCUT2D eigenvalue weighted by atomic mass is 9.87. The average Bonchev–Trinajstić information content (AvgIpc) is 2.40. The van der Waals surface area contributed by atoms with Crippen LogP contribution >= 0.6 is 0 Å². The smallest absolute Gasteiger partial charge is 0.237 e. The molecular formula is C16H24N2O. The van der Waals surface area contributed by atoms with Crippen LogP contribution in [0.25, 0.3) is 0 Å². The first-order valence-electron chi connectivity index (χ1n) is 7.25. The molecule has 1 aliphatic rings. The molecule has 2 unspecified atom stereocenters. The first-order chi connectivity index (χ1) is 9.15. The van der Waals surface area contributed by atoms with Crippen LogP contribution in [0.5, 0.6) is 0 Å². The largest absolute Gasteiger partial charge is 0.352 e. The van der Waals surface area contributed by atoms with Crippen LogP contribution in [0.4, 0.5) is 0 Å². The maximum atomic E-state index is 12.1. The van der Waals surface area contributed by atoms with Crippen molar-refractivity contribution in [1.82, 2.24) is 5.32 Å². The van der Waals surface area contributed by atoms with Gasteiger partial charge in [0.2, 0.25) is 5.91 Å². The minimum Gasteiger partial charge on any atom is -0.352 e. The first-order valence-corrected chi connectivity index (χ1v) is 7.25. The molecule has 1 fully saturated rings. The molecule has 1 saturated carbocycles. The summed E-state index contributed by atoms with van der Waals surface area (Å²) in [5, 5.41) is 3.11. The molecule has 0 spiro atoms. The van der Waals surface area contributed by atoms with Crippen molar-refractivity contribution >= 4 is 5.91 Å². The van der Waals surface area contributed by atoms with Crippen molar-refractivity contribution < 1.29 is 4.79 Å². The number of carbonyl (C=O) groups excluding carboxylic acids is 1. The second-order valence-electron chi connectivity index (χ2n) is 5.77. The third kappa shape index (κ3) is 4.35. The molecule has 1 amide bonds. The molecule has 1 aromatic rings. The SMILES string of the molecule is CC1CCCC(NC(=O)[C@@H](N)Cc2ccccc2)C1. The fraction of sp³-hybridized carbons (Fsp3) is 0.562. The number of nitrogens with one attached hydrogen (secondary N) is 1. The monoisotopic (exact) mass is 260 g/mol. The maximum Gasteiger partial charge on any atom is 0.237 e. The number of amides is 1. The molecule has 3 N–H and O–H groups in total. The van der Waals surface area contributed by atoms with Crippen LogP contribution in [0.2, 0.25) is 0 Å². The molecular weight excluding hydrogens is 236 g/mol. The summed E-state index contributed by atoms with van der Waals surface area (Å²) in [4.78, 5) is 12.1. The van der Waals surface area contributed by atoms with Gasteiger partial charge >= 0.3 is 0 Å². The van der Waals surface area contributed by atoms with Gasteiger partial charge in [0.15, 0.2) is 0 Å². The van der Waals surface area contributed by atoms with Gasteiger partial charge in [-0.3, -0.25) is 4.79 Å². The van der Waals surface area contributed by atoms with E-state index in [0.29, 0.717) is 18.4 Å². The van der Waals surface area contributed by atoms with Gasteiger partial charge in [0, 0.05) is 6.04 Å². The first kappa shape index (κ1) is 14.1. The molecule has 3 heteroatoms. The van der Waals surface area contributed by atoms with E-state index in [1.165, 1.54) is 12.8 Å². The average molecular weight is 260 g/mol. The van der Waals surface area contributed by atoms with Crippen LogP contribution in [0, 0.1) is 5.92 Å². The van der Waals surface area contributed by atoms with E-state index < -0.39 is 6.04 Å². The highest BCUT2D eigenvalue weighted by molar-refractivity contribution is 5.82. The Balaban J connectivity index is 1.82. The van der Waals surface area contributed by atoms with Crippen LogP contribution in [-0.4, -0.2) is 18.0 Å². The van der Waals surface area contributed by atoms with Crippen molar-refractivity contribution in [2.45, 2.75) is 51.1 Å². The molecule has 0 heterocycles. The summed E-state index contributed by atoms with van der Waals surface area (Å²) in [6.45, 7) is 2.25. The van der Waals surface area contributed by atoms with Crippen molar-refractivity contribution in [2.24, 2.45) is 11.7 Å². The Bertz CT molecular complexity index is 404. The molecule has 1 aromatic carbocycles. The van der Waals surface area contributed by atoms with E-state index in [1.807, 2.05) is 30.3 Å². The number of hydrogen-bond acceptors (Lipinski definition) is 2. The van der Waals surface area contributed by atoms with Crippen LogP contribution in [0.1, 0.15) is 38.2 Å². The second kappa shape index (κ2) is 6.71. The van der Waals surface area contributed by atoms with Gasteiger partial charge in [-0.15, -0.1) is 0 Å². The van der Waals surface area contributed by atoms with Crippen molar-refractivity contribution in [3.8, 4) is 0 Å². The number of carbonyl (C=O) groups is 1. The Morgan fingerprint density at radius 2 is 2.11 bits per heavy atom. The van der Waals surface area contributed by atoms with Crippen molar-refractivity contribution in [3.63, 3.8) is 0 Å². The summed E-state index contributed by atoms with van der Waals surface area (Å²) in [5.74, 6) is 0.701. The molecule has 19 heavy (non-hydrogen) atoms. The van der Waals surface area contributed by atoms with Gasteiger partial charge in [-0.05, 0) is 30.7 Å². The van der Waals surface area contributed by atoms with Crippen LogP contribution in [0.15, 0.2) is 30.3 Å². The van der Waals surface area contributed by atoms with Gasteiger partial charge in [0.05, 0.1) is 6.04 Å². The predicted octanol–water partition coefficient (Wildman–Crippen LogP) is 2.25. The molecule has 0 aliphatic heterocycles. The third-order valence-corrected chi connectivity index (χ3v) is 3.92. The van der Waals surface area contributed by atoms with Gasteiger partial charge in [-0.1, -0.05) is 50.1 Å². The Morgan fingerprint density at radius 1 is 1.37 bits per heavy atom. The number of benzene rings is 1. The number of rotatable bonds is 4. The highest BCUT2D eigenvalue weighted by Crippen LogP contribution is 2.23. The van der Waals surface area contributed by atoms with Crippen molar-refractivity contribution in [2.75, 3.05) is 0 Å². The van der Waals surface area contributed by atoms with E-state index in [2.05, 4.69) is 12.2 Å². The van der Waals surface area contributed by atoms with Crippen LogP contribution in [0.3, 0.4) is 0 Å². The summed E-state index contributed by atoms with van der Waals surface area (Å²) < 4.78 is 0. The topological polar surface area (TPSA) is 55.1 Å². The minimum atomic E-state index is -0.445. The fourth-order valence-electron chi connectivity index (χ4n) is 2.83. The molecule has 1 aliphatic carbocycles. The highest BCUT2D eigenvalue weighted by atomic mass is 16.2. The van der Waals surface area contributed by atoms with E-state index in [-0.39, 0.29) is 5.91 Å². The summed E-state index contributed by atoms with van der Waals surface area (Å²) in [6.07, 6.45) is 5.27. The Labute approximate surface area is 115 Å². The normalized spacial score (nSPS) is 24.7. The Morgan fingerprint density at radius 3 is 2.79 bits per heavy atom. The van der Waals surface area contributed by atoms with Gasteiger partial charge in [-0.2, -0.15) is 0 Å². The van der Waals surface area contributed by atoms with E-state index in [0.717, 1.165) is 18.4 Å². The molecule has 104 valence electrons. The molecule has 3 nitrogen and oxygen atoms in total. The Hall–Kier alpha value is -1.35. The van der Waals surface area contributed by atoms with Crippen molar-refractivity contribution in [1.29, 1.82) is 0 Å². The summed E-state index contributed by atoms with van der Waals surface area (Å²) in [5.41, 5.74) is 7.10. The lowest BCUT2D eigenvalue weighted by molar-refractivity contribution is -0.123. The number of hydrogen-bond donors (Lipinski definition) is 2. The summed E-state index contributed by atoms with van der Waals surface area (Å²) in [7, 11) is 0. The van der Waals surface area contributed by atoms with Gasteiger partial charge in [-0.25, -0.2) is 0 Å². The number of nitrogens with two attached hydrogens (primary N) is 1. The Kier molecular flexibility index (Phi) is 4.97. The zero-order chi connectivity index (χ0) is 13.7. The second-order valence-corrected chi connectivity index (χ2v) is 5.77. The molecule has 0 saturated heterocycles. The zero-order valence-corrected chi connectivity index (χ0v) is 11.6. The lowest BCUT2D eigenvalue weighted by Crippen LogP contribution is -2.47. The summed E-state index contributed by atoms with van der Waals surface area (Å²) in [6, 6.07) is 9.81. The van der Waals surface area contributed by atoms with Gasteiger partial charge < -0.3 is 11.1 Å². The van der Waals surface area contributed by atoms with Crippen LogP contribution in [-0.2, 0) is 11.2 Å². The van der Waals surface area contributed by atoms with Crippen LogP contribution < -0.4 is 11.1 Å². The lowest BCUT2D eigenvalue weighted by Gasteiger charge is -2.28. The molecule has 2 rings (SSSR count). The standard InChI is InChI=1S/C16H24N2O/c1-12-6-5-9-14(10-12)18-16(19)15(17)11-13-7-3-2-4-8-13/h2-4,7-8,12,14-15H,5-6,9-11,17H2,1H3,(H,18,19)/t12?,14?,15-/m0/s1. The highest BCUT2D eigenvalue weighted by Gasteiger charge is 2.22. The van der Waals surface area contributed by atoms with E-state index in [1.54, 1.807) is 0 Å². The minimum absolute atomic E-state index is 0.0112. The third-order valence-electron chi connectivity index (χ3n) is 3.92. The van der Waals surface area contributed by atoms with E-state index in [9.17, 15) is 4.79 Å². The quantitative estimate of drug-likeness (QED) is 0.872. The predicted molar refractivity (Wildman–Crippen MR) is 77.7 cm³/mol. The zero-order valence-electron chi connectivity index (χ0n) is 11.6. The van der Waals surface area contributed by atoms with E-state index >= 15 is 0 Å². The molecule has 0 bridgehead atoms. The molecule has 0 radical (unpaired) electrons.